The van der Waals surface area contributed by atoms with Crippen LogP contribution in [0.2, 0.25) is 0 Å². The number of pyridine rings is 1. The van der Waals surface area contributed by atoms with Gasteiger partial charge in [0.25, 0.3) is 0 Å². The van der Waals surface area contributed by atoms with E-state index < -0.39 is 7.12 Å². The van der Waals surface area contributed by atoms with Crippen LogP contribution in [0.1, 0.15) is 0 Å². The number of fused-ring (bicyclic) bond motifs is 3. The Morgan fingerprint density at radius 1 is 0.941 bits per heavy atom. The summed E-state index contributed by atoms with van der Waals surface area (Å²) in [5, 5.41) is 21.4. The molecule has 0 amide bonds. The summed E-state index contributed by atoms with van der Waals surface area (Å²) in [4.78, 5) is 4.29. The topological polar surface area (TPSA) is 53.4 Å². The van der Waals surface area contributed by atoms with Gasteiger partial charge in [-0.05, 0) is 28.4 Å². The zero-order chi connectivity index (χ0) is 11.8. The van der Waals surface area contributed by atoms with Crippen molar-refractivity contribution in [2.45, 2.75) is 0 Å². The van der Waals surface area contributed by atoms with Crippen LogP contribution in [0.4, 0.5) is 0 Å². The molecule has 3 aromatic rings. The monoisotopic (exact) mass is 223 g/mol. The highest BCUT2D eigenvalue weighted by Crippen LogP contribution is 2.22. The molecular formula is C13H10BNO2. The van der Waals surface area contributed by atoms with Crippen LogP contribution in [0, 0.1) is 0 Å². The molecule has 0 aliphatic carbocycles. The molecule has 0 fully saturated rings. The predicted octanol–water partition coefficient (Wildman–Crippen LogP) is 1.07. The van der Waals surface area contributed by atoms with E-state index >= 15 is 0 Å². The largest absolute Gasteiger partial charge is 0.488 e. The normalized spacial score (nSPS) is 10.9. The highest BCUT2D eigenvalue weighted by Gasteiger charge is 2.11. The highest BCUT2D eigenvalue weighted by molar-refractivity contribution is 6.59. The molecule has 0 unspecified atom stereocenters. The number of hydrogen-bond donors (Lipinski definition) is 2. The molecule has 0 aliphatic rings. The second-order valence-corrected chi connectivity index (χ2v) is 3.99. The van der Waals surface area contributed by atoms with Crippen molar-refractivity contribution < 1.29 is 10.0 Å². The molecule has 0 spiro atoms. The quantitative estimate of drug-likeness (QED) is 0.479. The summed E-state index contributed by atoms with van der Waals surface area (Å²) in [6, 6.07) is 13.2. The van der Waals surface area contributed by atoms with Crippen LogP contribution in [-0.2, 0) is 0 Å². The molecule has 1 aromatic heterocycles. The smallest absolute Gasteiger partial charge is 0.423 e. The SMILES string of the molecule is OB(O)c1ccc2c(ccc3ncccc32)c1. The molecule has 0 atom stereocenters. The summed E-state index contributed by atoms with van der Waals surface area (Å²) in [6.07, 6.45) is 1.76. The zero-order valence-electron chi connectivity index (χ0n) is 9.04. The lowest BCUT2D eigenvalue weighted by Crippen LogP contribution is -2.29. The van der Waals surface area contributed by atoms with E-state index in [4.69, 9.17) is 10.0 Å². The first kappa shape index (κ1) is 10.3. The van der Waals surface area contributed by atoms with E-state index in [1.165, 1.54) is 0 Å². The molecule has 0 aliphatic heterocycles. The molecule has 0 saturated carbocycles. The minimum Gasteiger partial charge on any atom is -0.423 e. The van der Waals surface area contributed by atoms with Gasteiger partial charge in [0.15, 0.2) is 0 Å². The summed E-state index contributed by atoms with van der Waals surface area (Å²) < 4.78 is 0. The maximum Gasteiger partial charge on any atom is 0.488 e. The van der Waals surface area contributed by atoms with Crippen LogP contribution in [0.3, 0.4) is 0 Å². The molecule has 3 rings (SSSR count). The molecule has 0 radical (unpaired) electrons. The Bertz CT molecular complexity index is 697. The van der Waals surface area contributed by atoms with Crippen molar-refractivity contribution >= 4 is 34.3 Å². The standard InChI is InChI=1S/C13H10BNO2/c16-14(17)10-4-5-11-9(8-10)3-6-13-12(11)2-1-7-15-13/h1-8,16-17H. The first-order chi connectivity index (χ1) is 8.25. The molecule has 0 saturated heterocycles. The number of aromatic nitrogens is 1. The third kappa shape index (κ3) is 1.67. The van der Waals surface area contributed by atoms with Gasteiger partial charge in [0, 0.05) is 11.6 Å². The van der Waals surface area contributed by atoms with Gasteiger partial charge in [-0.25, -0.2) is 0 Å². The van der Waals surface area contributed by atoms with Crippen LogP contribution in [0.25, 0.3) is 21.7 Å². The third-order valence-corrected chi connectivity index (χ3v) is 2.92. The summed E-state index contributed by atoms with van der Waals surface area (Å²) in [6.45, 7) is 0. The van der Waals surface area contributed by atoms with Crippen LogP contribution in [0.15, 0.2) is 48.7 Å². The van der Waals surface area contributed by atoms with E-state index in [9.17, 15) is 0 Å². The van der Waals surface area contributed by atoms with Gasteiger partial charge in [0.2, 0.25) is 0 Å². The average Bonchev–Trinajstić information content (AvgIpc) is 2.38. The van der Waals surface area contributed by atoms with Gasteiger partial charge in [0.05, 0.1) is 5.52 Å². The second kappa shape index (κ2) is 3.84. The first-order valence-corrected chi connectivity index (χ1v) is 5.39. The summed E-state index contributed by atoms with van der Waals surface area (Å²) in [5.74, 6) is 0. The van der Waals surface area contributed by atoms with Crippen LogP contribution in [0.5, 0.6) is 0 Å². The van der Waals surface area contributed by atoms with Crippen molar-refractivity contribution in [1.82, 2.24) is 4.98 Å². The first-order valence-electron chi connectivity index (χ1n) is 5.39. The molecular weight excluding hydrogens is 213 g/mol. The van der Waals surface area contributed by atoms with Gasteiger partial charge in [-0.2, -0.15) is 0 Å². The van der Waals surface area contributed by atoms with Crippen molar-refractivity contribution in [3.63, 3.8) is 0 Å². The molecule has 2 aromatic carbocycles. The van der Waals surface area contributed by atoms with Crippen molar-refractivity contribution in [3.05, 3.63) is 48.7 Å². The van der Waals surface area contributed by atoms with Gasteiger partial charge in [-0.3, -0.25) is 4.98 Å². The van der Waals surface area contributed by atoms with E-state index in [-0.39, 0.29) is 0 Å². The lowest BCUT2D eigenvalue weighted by atomic mass is 9.79. The predicted molar refractivity (Wildman–Crippen MR) is 69.1 cm³/mol. The zero-order valence-corrected chi connectivity index (χ0v) is 9.04. The number of hydrogen-bond acceptors (Lipinski definition) is 3. The van der Waals surface area contributed by atoms with Crippen LogP contribution in [-0.4, -0.2) is 22.2 Å². The van der Waals surface area contributed by atoms with Crippen LogP contribution < -0.4 is 5.46 Å². The van der Waals surface area contributed by atoms with E-state index in [2.05, 4.69) is 4.98 Å². The van der Waals surface area contributed by atoms with Crippen molar-refractivity contribution in [1.29, 1.82) is 0 Å². The van der Waals surface area contributed by atoms with Crippen molar-refractivity contribution in [2.24, 2.45) is 0 Å². The van der Waals surface area contributed by atoms with Gasteiger partial charge >= 0.3 is 7.12 Å². The molecule has 2 N–H and O–H groups in total. The van der Waals surface area contributed by atoms with E-state index in [0.717, 1.165) is 21.7 Å². The Hall–Kier alpha value is -1.91. The van der Waals surface area contributed by atoms with E-state index in [0.29, 0.717) is 5.46 Å². The fourth-order valence-electron chi connectivity index (χ4n) is 2.07. The number of benzene rings is 2. The molecule has 82 valence electrons. The Labute approximate surface area is 98.5 Å². The summed E-state index contributed by atoms with van der Waals surface area (Å²) >= 11 is 0. The fraction of sp³-hybridized carbons (Fsp3) is 0. The van der Waals surface area contributed by atoms with Crippen LogP contribution >= 0.6 is 0 Å². The maximum absolute atomic E-state index is 9.14. The van der Waals surface area contributed by atoms with Crippen molar-refractivity contribution in [2.75, 3.05) is 0 Å². The highest BCUT2D eigenvalue weighted by atomic mass is 16.4. The van der Waals surface area contributed by atoms with Crippen molar-refractivity contribution in [3.8, 4) is 0 Å². The minimum atomic E-state index is -1.43. The Kier molecular flexibility index (Phi) is 2.32. The second-order valence-electron chi connectivity index (χ2n) is 3.99. The van der Waals surface area contributed by atoms with Gasteiger partial charge in [-0.15, -0.1) is 0 Å². The average molecular weight is 223 g/mol. The fourth-order valence-corrected chi connectivity index (χ4v) is 2.07. The maximum atomic E-state index is 9.14. The number of nitrogens with zero attached hydrogens (tertiary/aromatic N) is 1. The van der Waals surface area contributed by atoms with E-state index in [1.54, 1.807) is 18.3 Å². The molecule has 17 heavy (non-hydrogen) atoms. The summed E-state index contributed by atoms with van der Waals surface area (Å²) in [5.41, 5.74) is 1.44. The van der Waals surface area contributed by atoms with Gasteiger partial charge in [0.1, 0.15) is 0 Å². The summed E-state index contributed by atoms with van der Waals surface area (Å²) in [7, 11) is -1.43. The molecule has 4 heteroatoms. The molecule has 0 bridgehead atoms. The third-order valence-electron chi connectivity index (χ3n) is 2.92. The minimum absolute atomic E-state index is 0.501. The lowest BCUT2D eigenvalue weighted by Gasteiger charge is -2.05. The van der Waals surface area contributed by atoms with Gasteiger partial charge < -0.3 is 10.0 Å². The number of rotatable bonds is 1. The molecule has 3 nitrogen and oxygen atoms in total. The molecule has 1 heterocycles. The lowest BCUT2D eigenvalue weighted by molar-refractivity contribution is 0.426. The Morgan fingerprint density at radius 2 is 1.82 bits per heavy atom. The van der Waals surface area contributed by atoms with E-state index in [1.807, 2.05) is 30.3 Å². The van der Waals surface area contributed by atoms with Gasteiger partial charge in [-0.1, -0.05) is 30.3 Å². The Balaban J connectivity index is 2.37. The Morgan fingerprint density at radius 3 is 2.65 bits per heavy atom.